The largest absolute Gasteiger partial charge is 0.350 e. The highest BCUT2D eigenvalue weighted by molar-refractivity contribution is 5.91. The maximum Gasteiger partial charge on any atom is 0.332 e. The fourth-order valence-corrected chi connectivity index (χ4v) is 2.80. The van der Waals surface area contributed by atoms with E-state index in [4.69, 9.17) is 5.73 Å². The number of nitrogens with zero attached hydrogens (tertiary/aromatic N) is 1. The van der Waals surface area contributed by atoms with E-state index in [-0.39, 0.29) is 5.41 Å². The van der Waals surface area contributed by atoms with Crippen LogP contribution in [0.2, 0.25) is 0 Å². The van der Waals surface area contributed by atoms with Crippen LogP contribution in [-0.2, 0) is 6.42 Å². The summed E-state index contributed by atoms with van der Waals surface area (Å²) in [5.74, 6) is 0. The standard InChI is InChI=1S/C15H21N3O/c1-15(11-12-7-3-2-4-8-12)10-6-5-9-13(15)17-18-14(16)19/h2-4,7-8H,5-6,9-11H2,1H3,(H3,16,18,19). The van der Waals surface area contributed by atoms with Crippen molar-refractivity contribution in [2.24, 2.45) is 16.3 Å². The summed E-state index contributed by atoms with van der Waals surface area (Å²) in [7, 11) is 0. The second-order valence-corrected chi connectivity index (χ2v) is 5.46. The first-order chi connectivity index (χ1) is 9.10. The number of hydrogen-bond donors (Lipinski definition) is 2. The summed E-state index contributed by atoms with van der Waals surface area (Å²) in [6.45, 7) is 2.22. The van der Waals surface area contributed by atoms with E-state index < -0.39 is 6.03 Å². The average molecular weight is 259 g/mol. The van der Waals surface area contributed by atoms with Crippen LogP contribution >= 0.6 is 0 Å². The molecule has 1 atom stereocenters. The van der Waals surface area contributed by atoms with Gasteiger partial charge in [0.2, 0.25) is 0 Å². The van der Waals surface area contributed by atoms with Crippen LogP contribution < -0.4 is 11.2 Å². The highest BCUT2D eigenvalue weighted by atomic mass is 16.2. The van der Waals surface area contributed by atoms with Gasteiger partial charge in [0.25, 0.3) is 0 Å². The van der Waals surface area contributed by atoms with Crippen LogP contribution in [0.25, 0.3) is 0 Å². The minimum atomic E-state index is -0.597. The van der Waals surface area contributed by atoms with E-state index >= 15 is 0 Å². The van der Waals surface area contributed by atoms with Crippen LogP contribution in [0.4, 0.5) is 4.79 Å². The van der Waals surface area contributed by atoms with Gasteiger partial charge in [-0.15, -0.1) is 0 Å². The van der Waals surface area contributed by atoms with Gasteiger partial charge in [-0.2, -0.15) is 5.10 Å². The highest BCUT2D eigenvalue weighted by Crippen LogP contribution is 2.36. The SMILES string of the molecule is CC1(Cc2ccccc2)CCCCC1=NNC(N)=O. The molecular formula is C15H21N3O. The average Bonchev–Trinajstić information content (AvgIpc) is 2.38. The third-order valence-corrected chi connectivity index (χ3v) is 3.83. The number of rotatable bonds is 3. The third kappa shape index (κ3) is 3.56. The molecule has 0 aliphatic heterocycles. The molecule has 4 nitrogen and oxygen atoms in total. The van der Waals surface area contributed by atoms with E-state index in [2.05, 4.69) is 41.7 Å². The summed E-state index contributed by atoms with van der Waals surface area (Å²) in [4.78, 5) is 10.8. The molecule has 1 aromatic carbocycles. The molecule has 4 heteroatoms. The fraction of sp³-hybridized carbons (Fsp3) is 0.467. The Morgan fingerprint density at radius 3 is 2.79 bits per heavy atom. The number of primary amides is 1. The van der Waals surface area contributed by atoms with Crippen molar-refractivity contribution in [2.75, 3.05) is 0 Å². The van der Waals surface area contributed by atoms with Crippen LogP contribution in [-0.4, -0.2) is 11.7 Å². The topological polar surface area (TPSA) is 67.5 Å². The van der Waals surface area contributed by atoms with E-state index in [1.807, 2.05) is 6.07 Å². The van der Waals surface area contributed by atoms with E-state index in [0.717, 1.165) is 31.4 Å². The van der Waals surface area contributed by atoms with Gasteiger partial charge >= 0.3 is 6.03 Å². The number of benzene rings is 1. The Balaban J connectivity index is 2.17. The summed E-state index contributed by atoms with van der Waals surface area (Å²) in [5, 5.41) is 4.22. The van der Waals surface area contributed by atoms with Crippen molar-refractivity contribution in [3.05, 3.63) is 35.9 Å². The lowest BCUT2D eigenvalue weighted by atomic mass is 9.70. The number of hydrogen-bond acceptors (Lipinski definition) is 2. The number of amides is 2. The van der Waals surface area contributed by atoms with Crippen molar-refractivity contribution < 1.29 is 4.79 Å². The lowest BCUT2D eigenvalue weighted by molar-refractivity contribution is 0.249. The van der Waals surface area contributed by atoms with Gasteiger partial charge in [-0.3, -0.25) is 0 Å². The lowest BCUT2D eigenvalue weighted by Crippen LogP contribution is -2.36. The van der Waals surface area contributed by atoms with Gasteiger partial charge in [0, 0.05) is 11.1 Å². The Morgan fingerprint density at radius 1 is 1.37 bits per heavy atom. The zero-order valence-electron chi connectivity index (χ0n) is 11.4. The van der Waals surface area contributed by atoms with Crippen molar-refractivity contribution in [2.45, 2.75) is 39.0 Å². The Kier molecular flexibility index (Phi) is 4.20. The van der Waals surface area contributed by atoms with Gasteiger partial charge in [-0.25, -0.2) is 10.2 Å². The van der Waals surface area contributed by atoms with Gasteiger partial charge in [0.15, 0.2) is 0 Å². The number of urea groups is 1. The number of hydrazone groups is 1. The molecule has 0 aromatic heterocycles. The van der Waals surface area contributed by atoms with Crippen LogP contribution in [0.15, 0.2) is 35.4 Å². The van der Waals surface area contributed by atoms with Crippen molar-refractivity contribution >= 4 is 11.7 Å². The van der Waals surface area contributed by atoms with Crippen LogP contribution in [0.5, 0.6) is 0 Å². The van der Waals surface area contributed by atoms with Gasteiger partial charge < -0.3 is 5.73 Å². The molecule has 1 aliphatic rings. The van der Waals surface area contributed by atoms with Gasteiger partial charge in [0.1, 0.15) is 0 Å². The smallest absolute Gasteiger partial charge is 0.332 e. The second kappa shape index (κ2) is 5.87. The van der Waals surface area contributed by atoms with E-state index in [0.29, 0.717) is 0 Å². The molecule has 2 amide bonds. The molecule has 1 saturated carbocycles. The Morgan fingerprint density at radius 2 is 2.11 bits per heavy atom. The predicted molar refractivity (Wildman–Crippen MR) is 76.9 cm³/mol. The zero-order valence-corrected chi connectivity index (χ0v) is 11.4. The summed E-state index contributed by atoms with van der Waals surface area (Å²) in [6.07, 6.45) is 5.32. The quantitative estimate of drug-likeness (QED) is 0.805. The molecule has 0 radical (unpaired) electrons. The molecule has 0 bridgehead atoms. The molecule has 1 aromatic rings. The summed E-state index contributed by atoms with van der Waals surface area (Å²) in [5.41, 5.74) is 9.85. The summed E-state index contributed by atoms with van der Waals surface area (Å²) < 4.78 is 0. The van der Waals surface area contributed by atoms with Crippen LogP contribution in [0.1, 0.15) is 38.2 Å². The molecule has 19 heavy (non-hydrogen) atoms. The van der Waals surface area contributed by atoms with Gasteiger partial charge in [0.05, 0.1) is 0 Å². The van der Waals surface area contributed by atoms with Crippen LogP contribution in [0, 0.1) is 5.41 Å². The molecule has 2 rings (SSSR count). The van der Waals surface area contributed by atoms with E-state index in [1.54, 1.807) is 0 Å². The monoisotopic (exact) mass is 259 g/mol. The molecular weight excluding hydrogens is 238 g/mol. The third-order valence-electron chi connectivity index (χ3n) is 3.83. The molecule has 1 aliphatic carbocycles. The predicted octanol–water partition coefficient (Wildman–Crippen LogP) is 2.83. The molecule has 0 saturated heterocycles. The Hall–Kier alpha value is -1.84. The molecule has 0 spiro atoms. The highest BCUT2D eigenvalue weighted by Gasteiger charge is 2.33. The first-order valence-electron chi connectivity index (χ1n) is 6.76. The normalized spacial score (nSPS) is 25.2. The van der Waals surface area contributed by atoms with Crippen molar-refractivity contribution in [3.8, 4) is 0 Å². The van der Waals surface area contributed by atoms with Gasteiger partial charge in [-0.05, 0) is 31.2 Å². The van der Waals surface area contributed by atoms with E-state index in [1.165, 1.54) is 12.0 Å². The molecule has 3 N–H and O–H groups in total. The number of nitrogens with one attached hydrogen (secondary N) is 1. The first kappa shape index (κ1) is 13.6. The molecule has 0 heterocycles. The van der Waals surface area contributed by atoms with E-state index in [9.17, 15) is 4.79 Å². The van der Waals surface area contributed by atoms with Crippen LogP contribution in [0.3, 0.4) is 0 Å². The lowest BCUT2D eigenvalue weighted by Gasteiger charge is -2.35. The summed E-state index contributed by atoms with van der Waals surface area (Å²) >= 11 is 0. The Labute approximate surface area is 114 Å². The zero-order chi connectivity index (χ0) is 13.7. The number of carbonyl (C=O) groups excluding carboxylic acids is 1. The maximum absolute atomic E-state index is 10.8. The molecule has 1 unspecified atom stereocenters. The number of carbonyl (C=O) groups is 1. The minimum Gasteiger partial charge on any atom is -0.350 e. The number of nitrogens with two attached hydrogens (primary N) is 1. The minimum absolute atomic E-state index is 0.0159. The maximum atomic E-state index is 10.8. The van der Waals surface area contributed by atoms with Crippen molar-refractivity contribution in [1.29, 1.82) is 0 Å². The second-order valence-electron chi connectivity index (χ2n) is 5.46. The summed E-state index contributed by atoms with van der Waals surface area (Å²) in [6, 6.07) is 9.81. The Bertz CT molecular complexity index is 470. The fourth-order valence-electron chi connectivity index (χ4n) is 2.80. The first-order valence-corrected chi connectivity index (χ1v) is 6.76. The van der Waals surface area contributed by atoms with Crippen molar-refractivity contribution in [3.63, 3.8) is 0 Å². The molecule has 102 valence electrons. The van der Waals surface area contributed by atoms with Gasteiger partial charge in [-0.1, -0.05) is 43.7 Å². The van der Waals surface area contributed by atoms with Crippen molar-refractivity contribution in [1.82, 2.24) is 5.43 Å². The molecule has 1 fully saturated rings.